The van der Waals surface area contributed by atoms with Gasteiger partial charge in [0, 0.05) is 22.6 Å². The highest BCUT2D eigenvalue weighted by molar-refractivity contribution is 6.30. The summed E-state index contributed by atoms with van der Waals surface area (Å²) in [6.45, 7) is 6.45. The first kappa shape index (κ1) is 18.9. The lowest BCUT2D eigenvalue weighted by atomic mass is 9.87. The zero-order chi connectivity index (χ0) is 19.4. The van der Waals surface area contributed by atoms with Crippen molar-refractivity contribution in [2.45, 2.75) is 26.2 Å². The van der Waals surface area contributed by atoms with Crippen LogP contribution >= 0.6 is 11.6 Å². The van der Waals surface area contributed by atoms with E-state index in [1.165, 1.54) is 5.56 Å². The van der Waals surface area contributed by atoms with Crippen molar-refractivity contribution >= 4 is 34.8 Å². The van der Waals surface area contributed by atoms with Crippen LogP contribution in [0.25, 0.3) is 0 Å². The second-order valence-corrected chi connectivity index (χ2v) is 7.62. The molecule has 138 valence electrons. The van der Waals surface area contributed by atoms with Crippen LogP contribution in [0.4, 0.5) is 17.3 Å². The number of halogens is 1. The minimum atomic E-state index is -0.292. The molecule has 0 fully saturated rings. The molecule has 2 N–H and O–H groups in total. The van der Waals surface area contributed by atoms with Crippen LogP contribution in [0, 0.1) is 0 Å². The van der Waals surface area contributed by atoms with Crippen molar-refractivity contribution in [3.05, 3.63) is 77.1 Å². The molecule has 1 amide bonds. The molecule has 0 aliphatic rings. The Morgan fingerprint density at radius 1 is 0.926 bits per heavy atom. The van der Waals surface area contributed by atoms with E-state index in [4.69, 9.17) is 11.6 Å². The molecular weight excluding hydrogens is 360 g/mol. The molecule has 2 aromatic carbocycles. The number of amides is 1. The number of nitrogens with one attached hydrogen (secondary N) is 2. The van der Waals surface area contributed by atoms with Gasteiger partial charge in [0.1, 0.15) is 5.69 Å². The molecule has 27 heavy (non-hydrogen) atoms. The molecule has 1 aromatic heterocycles. The van der Waals surface area contributed by atoms with Gasteiger partial charge >= 0.3 is 0 Å². The van der Waals surface area contributed by atoms with Gasteiger partial charge in [-0.15, -0.1) is 0 Å². The summed E-state index contributed by atoms with van der Waals surface area (Å²) in [5.74, 6) is 0.0492. The molecule has 0 unspecified atom stereocenters. The molecule has 0 bridgehead atoms. The third kappa shape index (κ3) is 5.05. The van der Waals surface area contributed by atoms with Crippen LogP contribution in [-0.4, -0.2) is 15.9 Å². The fourth-order valence-corrected chi connectivity index (χ4v) is 2.58. The Morgan fingerprint density at radius 3 is 2.19 bits per heavy atom. The highest BCUT2D eigenvalue weighted by atomic mass is 35.5. The summed E-state index contributed by atoms with van der Waals surface area (Å²) >= 11 is 5.88. The second kappa shape index (κ2) is 7.76. The standard InChI is InChI=1S/C21H21ClN4O/c1-21(2,3)14-4-8-16(9-5-14)24-19(27)18-12-13-23-20(26-18)25-17-10-6-15(22)7-11-17/h4-13H,1-3H3,(H,24,27)(H,23,25,26). The highest BCUT2D eigenvalue weighted by Gasteiger charge is 2.14. The average Bonchev–Trinajstić information content (AvgIpc) is 2.63. The van der Waals surface area contributed by atoms with Crippen molar-refractivity contribution in [2.24, 2.45) is 0 Å². The van der Waals surface area contributed by atoms with Crippen molar-refractivity contribution < 1.29 is 4.79 Å². The van der Waals surface area contributed by atoms with E-state index in [-0.39, 0.29) is 17.0 Å². The predicted octanol–water partition coefficient (Wildman–Crippen LogP) is 5.42. The summed E-state index contributed by atoms with van der Waals surface area (Å²) in [5, 5.41) is 6.56. The monoisotopic (exact) mass is 380 g/mol. The van der Waals surface area contributed by atoms with E-state index in [1.807, 2.05) is 36.4 Å². The topological polar surface area (TPSA) is 66.9 Å². The molecule has 1 heterocycles. The fraction of sp³-hybridized carbons (Fsp3) is 0.190. The van der Waals surface area contributed by atoms with Gasteiger partial charge in [0.25, 0.3) is 5.91 Å². The zero-order valence-electron chi connectivity index (χ0n) is 15.5. The van der Waals surface area contributed by atoms with E-state index in [1.54, 1.807) is 24.4 Å². The first-order valence-corrected chi connectivity index (χ1v) is 8.96. The summed E-state index contributed by atoms with van der Waals surface area (Å²) in [6.07, 6.45) is 1.54. The molecule has 0 saturated carbocycles. The van der Waals surface area contributed by atoms with Gasteiger partial charge in [-0.1, -0.05) is 44.5 Å². The summed E-state index contributed by atoms with van der Waals surface area (Å²) in [5.41, 5.74) is 3.06. The minimum absolute atomic E-state index is 0.0669. The normalized spacial score (nSPS) is 11.1. The number of nitrogens with zero attached hydrogens (tertiary/aromatic N) is 2. The molecule has 0 aliphatic heterocycles. The van der Waals surface area contributed by atoms with Crippen molar-refractivity contribution in [1.82, 2.24) is 9.97 Å². The van der Waals surface area contributed by atoms with E-state index in [9.17, 15) is 4.79 Å². The average molecular weight is 381 g/mol. The Bertz CT molecular complexity index is 932. The van der Waals surface area contributed by atoms with Gasteiger partial charge in [-0.25, -0.2) is 9.97 Å². The van der Waals surface area contributed by atoms with E-state index < -0.39 is 0 Å². The first-order chi connectivity index (χ1) is 12.8. The molecular formula is C21H21ClN4O. The van der Waals surface area contributed by atoms with Gasteiger partial charge in [-0.2, -0.15) is 0 Å². The lowest BCUT2D eigenvalue weighted by Gasteiger charge is -2.19. The Labute approximate surface area is 163 Å². The quantitative estimate of drug-likeness (QED) is 0.633. The maximum absolute atomic E-state index is 12.5. The zero-order valence-corrected chi connectivity index (χ0v) is 16.2. The molecule has 0 radical (unpaired) electrons. The third-order valence-electron chi connectivity index (χ3n) is 4.00. The lowest BCUT2D eigenvalue weighted by Crippen LogP contribution is -2.15. The summed E-state index contributed by atoms with van der Waals surface area (Å²) < 4.78 is 0. The number of hydrogen-bond acceptors (Lipinski definition) is 4. The van der Waals surface area contributed by atoms with E-state index >= 15 is 0 Å². The van der Waals surface area contributed by atoms with E-state index in [2.05, 4.69) is 41.4 Å². The predicted molar refractivity (Wildman–Crippen MR) is 110 cm³/mol. The largest absolute Gasteiger partial charge is 0.324 e. The van der Waals surface area contributed by atoms with Gasteiger partial charge in [-0.3, -0.25) is 4.79 Å². The summed E-state index contributed by atoms with van der Waals surface area (Å²) in [7, 11) is 0. The maximum atomic E-state index is 12.5. The number of benzene rings is 2. The smallest absolute Gasteiger partial charge is 0.274 e. The Balaban J connectivity index is 1.70. The van der Waals surface area contributed by atoms with Gasteiger partial charge < -0.3 is 10.6 Å². The molecule has 0 atom stereocenters. The number of rotatable bonds is 4. The van der Waals surface area contributed by atoms with Crippen LogP contribution in [0.15, 0.2) is 60.8 Å². The number of hydrogen-bond donors (Lipinski definition) is 2. The number of carbonyl (C=O) groups is 1. The number of anilines is 3. The highest BCUT2D eigenvalue weighted by Crippen LogP contribution is 2.23. The Kier molecular flexibility index (Phi) is 5.42. The molecule has 3 aromatic rings. The summed E-state index contributed by atoms with van der Waals surface area (Å²) in [6, 6.07) is 16.6. The van der Waals surface area contributed by atoms with Gasteiger partial charge in [0.15, 0.2) is 0 Å². The molecule has 0 aliphatic carbocycles. The number of carbonyl (C=O) groups excluding carboxylic acids is 1. The Morgan fingerprint density at radius 2 is 1.56 bits per heavy atom. The number of aromatic nitrogens is 2. The van der Waals surface area contributed by atoms with Crippen molar-refractivity contribution in [2.75, 3.05) is 10.6 Å². The first-order valence-electron chi connectivity index (χ1n) is 8.59. The lowest BCUT2D eigenvalue weighted by molar-refractivity contribution is 0.102. The van der Waals surface area contributed by atoms with Crippen LogP contribution in [0.2, 0.25) is 5.02 Å². The molecule has 5 nitrogen and oxygen atoms in total. The van der Waals surface area contributed by atoms with Crippen LogP contribution in [0.3, 0.4) is 0 Å². The van der Waals surface area contributed by atoms with Crippen LogP contribution in [-0.2, 0) is 5.41 Å². The van der Waals surface area contributed by atoms with Gasteiger partial charge in [-0.05, 0) is 53.4 Å². The van der Waals surface area contributed by atoms with Crippen molar-refractivity contribution in [1.29, 1.82) is 0 Å². The van der Waals surface area contributed by atoms with E-state index in [0.717, 1.165) is 11.4 Å². The van der Waals surface area contributed by atoms with Gasteiger partial charge in [0.05, 0.1) is 0 Å². The fourth-order valence-electron chi connectivity index (χ4n) is 2.46. The van der Waals surface area contributed by atoms with E-state index in [0.29, 0.717) is 11.0 Å². The molecule has 0 saturated heterocycles. The van der Waals surface area contributed by atoms with Crippen LogP contribution < -0.4 is 10.6 Å². The molecule has 0 spiro atoms. The third-order valence-corrected chi connectivity index (χ3v) is 4.25. The SMILES string of the molecule is CC(C)(C)c1ccc(NC(=O)c2ccnc(Nc3ccc(Cl)cc3)n2)cc1. The van der Waals surface area contributed by atoms with Crippen molar-refractivity contribution in [3.8, 4) is 0 Å². The van der Waals surface area contributed by atoms with Crippen LogP contribution in [0.5, 0.6) is 0 Å². The minimum Gasteiger partial charge on any atom is -0.324 e. The Hall–Kier alpha value is -2.92. The molecule has 3 rings (SSSR count). The van der Waals surface area contributed by atoms with Crippen LogP contribution in [0.1, 0.15) is 36.8 Å². The summed E-state index contributed by atoms with van der Waals surface area (Å²) in [4.78, 5) is 20.9. The van der Waals surface area contributed by atoms with Crippen molar-refractivity contribution in [3.63, 3.8) is 0 Å². The van der Waals surface area contributed by atoms with Gasteiger partial charge in [0.2, 0.25) is 5.95 Å². The molecule has 6 heteroatoms. The second-order valence-electron chi connectivity index (χ2n) is 7.18. The maximum Gasteiger partial charge on any atom is 0.274 e.